The number of aryl methyl sites for hydroxylation is 1. The summed E-state index contributed by atoms with van der Waals surface area (Å²) >= 11 is 0. The number of aromatic nitrogens is 2. The Bertz CT molecular complexity index is 460. The molecule has 18 heavy (non-hydrogen) atoms. The molecule has 0 aliphatic carbocycles. The van der Waals surface area contributed by atoms with Crippen LogP contribution >= 0.6 is 0 Å². The topological polar surface area (TPSA) is 101 Å². The first-order valence-corrected chi connectivity index (χ1v) is 7.08. The molecule has 0 unspecified atom stereocenters. The zero-order valence-electron chi connectivity index (χ0n) is 10.6. The number of nitrogens with one attached hydrogen (secondary N) is 1. The lowest BCUT2D eigenvalue weighted by molar-refractivity contribution is 0.452. The first-order chi connectivity index (χ1) is 8.45. The van der Waals surface area contributed by atoms with E-state index in [0.717, 1.165) is 5.69 Å². The SMILES string of the molecule is Cc1cnc(CNS(=O)(=O)N(C)CCCN)cn1. The van der Waals surface area contributed by atoms with Gasteiger partial charge in [-0.05, 0) is 19.9 Å². The Balaban J connectivity index is 2.53. The van der Waals surface area contributed by atoms with Crippen molar-refractivity contribution in [1.82, 2.24) is 19.0 Å². The first-order valence-electron chi connectivity index (χ1n) is 5.64. The molecule has 0 atom stereocenters. The van der Waals surface area contributed by atoms with Crippen LogP contribution in [0.1, 0.15) is 17.8 Å². The fraction of sp³-hybridized carbons (Fsp3) is 0.600. The minimum absolute atomic E-state index is 0.128. The van der Waals surface area contributed by atoms with Crippen molar-refractivity contribution in [3.8, 4) is 0 Å². The van der Waals surface area contributed by atoms with Gasteiger partial charge in [0.15, 0.2) is 0 Å². The van der Waals surface area contributed by atoms with Gasteiger partial charge in [-0.3, -0.25) is 9.97 Å². The summed E-state index contributed by atoms with van der Waals surface area (Å²) in [6.45, 7) is 2.80. The number of hydrogen-bond acceptors (Lipinski definition) is 5. The fourth-order valence-corrected chi connectivity index (χ4v) is 2.14. The van der Waals surface area contributed by atoms with Gasteiger partial charge in [0.05, 0.1) is 24.1 Å². The molecule has 0 saturated heterocycles. The van der Waals surface area contributed by atoms with Crippen LogP contribution in [0.5, 0.6) is 0 Å². The normalized spacial score (nSPS) is 12.0. The van der Waals surface area contributed by atoms with Gasteiger partial charge in [-0.15, -0.1) is 0 Å². The van der Waals surface area contributed by atoms with E-state index in [-0.39, 0.29) is 6.54 Å². The van der Waals surface area contributed by atoms with Gasteiger partial charge in [-0.1, -0.05) is 0 Å². The molecule has 0 bridgehead atoms. The molecule has 1 aromatic heterocycles. The second-order valence-electron chi connectivity index (χ2n) is 3.94. The third kappa shape index (κ3) is 4.65. The maximum atomic E-state index is 11.8. The lowest BCUT2D eigenvalue weighted by atomic mass is 10.4. The van der Waals surface area contributed by atoms with E-state index >= 15 is 0 Å². The van der Waals surface area contributed by atoms with Crippen molar-refractivity contribution in [2.75, 3.05) is 20.1 Å². The Morgan fingerprint density at radius 3 is 2.67 bits per heavy atom. The molecule has 0 saturated carbocycles. The molecule has 0 radical (unpaired) electrons. The van der Waals surface area contributed by atoms with Gasteiger partial charge < -0.3 is 5.73 Å². The van der Waals surface area contributed by atoms with Crippen molar-refractivity contribution in [3.63, 3.8) is 0 Å². The summed E-state index contributed by atoms with van der Waals surface area (Å²) in [6, 6.07) is 0. The standard InChI is InChI=1S/C10H19N5O2S/c1-9-6-13-10(7-12-9)8-14-18(16,17)15(2)5-3-4-11/h6-7,14H,3-5,8,11H2,1-2H3. The molecule has 7 nitrogen and oxygen atoms in total. The van der Waals surface area contributed by atoms with Crippen LogP contribution in [0.25, 0.3) is 0 Å². The van der Waals surface area contributed by atoms with E-state index in [1.54, 1.807) is 12.4 Å². The van der Waals surface area contributed by atoms with E-state index in [1.165, 1.54) is 11.4 Å². The maximum Gasteiger partial charge on any atom is 0.279 e. The van der Waals surface area contributed by atoms with Gasteiger partial charge >= 0.3 is 0 Å². The second-order valence-corrected chi connectivity index (χ2v) is 5.80. The Morgan fingerprint density at radius 2 is 2.11 bits per heavy atom. The monoisotopic (exact) mass is 273 g/mol. The molecule has 1 heterocycles. The van der Waals surface area contributed by atoms with E-state index < -0.39 is 10.2 Å². The third-order valence-electron chi connectivity index (χ3n) is 2.36. The van der Waals surface area contributed by atoms with Crippen LogP contribution in [-0.4, -0.2) is 42.8 Å². The Hall–Kier alpha value is -1.09. The minimum Gasteiger partial charge on any atom is -0.330 e. The third-order valence-corrected chi connectivity index (χ3v) is 3.87. The Labute approximate surface area is 108 Å². The van der Waals surface area contributed by atoms with Crippen LogP contribution in [0.2, 0.25) is 0 Å². The molecular formula is C10H19N5O2S. The molecule has 3 N–H and O–H groups in total. The second kappa shape index (κ2) is 6.74. The summed E-state index contributed by atoms with van der Waals surface area (Å²) in [5, 5.41) is 0. The molecule has 8 heteroatoms. The van der Waals surface area contributed by atoms with Crippen LogP contribution in [0.15, 0.2) is 12.4 Å². The van der Waals surface area contributed by atoms with Crippen LogP contribution in [0.4, 0.5) is 0 Å². The smallest absolute Gasteiger partial charge is 0.279 e. The van der Waals surface area contributed by atoms with E-state index in [0.29, 0.717) is 25.2 Å². The zero-order valence-corrected chi connectivity index (χ0v) is 11.4. The Morgan fingerprint density at radius 1 is 1.39 bits per heavy atom. The highest BCUT2D eigenvalue weighted by Crippen LogP contribution is 1.99. The molecule has 0 aliphatic heterocycles. The predicted octanol–water partition coefficient (Wildman–Crippen LogP) is -0.600. The molecule has 0 spiro atoms. The number of rotatable bonds is 7. The molecule has 0 aromatic carbocycles. The molecule has 1 rings (SSSR count). The van der Waals surface area contributed by atoms with E-state index in [1.807, 2.05) is 6.92 Å². The highest BCUT2D eigenvalue weighted by atomic mass is 32.2. The summed E-state index contributed by atoms with van der Waals surface area (Å²) in [5.41, 5.74) is 6.71. The van der Waals surface area contributed by atoms with Gasteiger partial charge in [0.1, 0.15) is 0 Å². The Kier molecular flexibility index (Phi) is 5.60. The van der Waals surface area contributed by atoms with Gasteiger partial charge in [0, 0.05) is 19.8 Å². The van der Waals surface area contributed by atoms with Gasteiger partial charge in [-0.25, -0.2) is 0 Å². The number of hydrogen-bond donors (Lipinski definition) is 2. The quantitative estimate of drug-likeness (QED) is 0.691. The van der Waals surface area contributed by atoms with Crippen LogP contribution in [0.3, 0.4) is 0 Å². The van der Waals surface area contributed by atoms with Crippen molar-refractivity contribution in [2.24, 2.45) is 5.73 Å². The van der Waals surface area contributed by atoms with Crippen molar-refractivity contribution in [3.05, 3.63) is 23.8 Å². The predicted molar refractivity (Wildman–Crippen MR) is 68.8 cm³/mol. The van der Waals surface area contributed by atoms with E-state index in [4.69, 9.17) is 5.73 Å². The number of nitrogens with zero attached hydrogens (tertiary/aromatic N) is 3. The molecular weight excluding hydrogens is 254 g/mol. The summed E-state index contributed by atoms with van der Waals surface area (Å²) in [6.07, 6.45) is 3.78. The fourth-order valence-electron chi connectivity index (χ4n) is 1.22. The zero-order chi connectivity index (χ0) is 13.6. The molecule has 0 amide bonds. The summed E-state index contributed by atoms with van der Waals surface area (Å²) < 4.78 is 27.3. The lowest BCUT2D eigenvalue weighted by Crippen LogP contribution is -2.39. The summed E-state index contributed by atoms with van der Waals surface area (Å²) in [5.74, 6) is 0. The van der Waals surface area contributed by atoms with E-state index in [2.05, 4.69) is 14.7 Å². The largest absolute Gasteiger partial charge is 0.330 e. The van der Waals surface area contributed by atoms with Gasteiger partial charge in [0.2, 0.25) is 0 Å². The van der Waals surface area contributed by atoms with Crippen molar-refractivity contribution < 1.29 is 8.42 Å². The molecule has 1 aromatic rings. The first kappa shape index (κ1) is 15.0. The lowest BCUT2D eigenvalue weighted by Gasteiger charge is -2.16. The highest BCUT2D eigenvalue weighted by molar-refractivity contribution is 7.87. The average Bonchev–Trinajstić information content (AvgIpc) is 2.35. The summed E-state index contributed by atoms with van der Waals surface area (Å²) in [4.78, 5) is 8.12. The average molecular weight is 273 g/mol. The van der Waals surface area contributed by atoms with Crippen molar-refractivity contribution in [1.29, 1.82) is 0 Å². The molecule has 0 aliphatic rings. The van der Waals surface area contributed by atoms with E-state index in [9.17, 15) is 8.42 Å². The highest BCUT2D eigenvalue weighted by Gasteiger charge is 2.16. The van der Waals surface area contributed by atoms with Gasteiger partial charge in [0.25, 0.3) is 10.2 Å². The van der Waals surface area contributed by atoms with Crippen molar-refractivity contribution >= 4 is 10.2 Å². The maximum absolute atomic E-state index is 11.8. The summed E-state index contributed by atoms with van der Waals surface area (Å²) in [7, 11) is -1.97. The van der Waals surface area contributed by atoms with Crippen molar-refractivity contribution in [2.45, 2.75) is 19.9 Å². The van der Waals surface area contributed by atoms with Crippen LogP contribution < -0.4 is 10.5 Å². The van der Waals surface area contributed by atoms with Crippen LogP contribution in [0, 0.1) is 6.92 Å². The molecule has 102 valence electrons. The minimum atomic E-state index is -3.48. The molecule has 0 fully saturated rings. The van der Waals surface area contributed by atoms with Crippen LogP contribution in [-0.2, 0) is 16.8 Å². The van der Waals surface area contributed by atoms with Gasteiger partial charge in [-0.2, -0.15) is 17.4 Å². The number of nitrogens with two attached hydrogens (primary N) is 1.